The van der Waals surface area contributed by atoms with Crippen LogP contribution in [0.4, 0.5) is 5.69 Å². The van der Waals surface area contributed by atoms with Crippen molar-refractivity contribution in [2.45, 2.75) is 26.4 Å². The van der Waals surface area contributed by atoms with Gasteiger partial charge in [0.15, 0.2) is 0 Å². The van der Waals surface area contributed by atoms with Crippen LogP contribution in [0.15, 0.2) is 36.8 Å². The molecule has 0 saturated heterocycles. The SMILES string of the molecule is CC(C)N(Cc1cccnc1)C(=O)c1cc(N)c[nH]1. The molecule has 2 heterocycles. The van der Waals surface area contributed by atoms with Crippen LogP contribution >= 0.6 is 0 Å². The predicted octanol–water partition coefficient (Wildman–Crippen LogP) is 2.04. The minimum absolute atomic E-state index is 0.0597. The monoisotopic (exact) mass is 258 g/mol. The summed E-state index contributed by atoms with van der Waals surface area (Å²) in [5, 5.41) is 0. The topological polar surface area (TPSA) is 75.0 Å². The lowest BCUT2D eigenvalue weighted by Gasteiger charge is -2.26. The van der Waals surface area contributed by atoms with Crippen molar-refractivity contribution in [3.63, 3.8) is 0 Å². The molecule has 100 valence electrons. The van der Waals surface area contributed by atoms with Gasteiger partial charge >= 0.3 is 0 Å². The maximum absolute atomic E-state index is 12.4. The third kappa shape index (κ3) is 3.13. The van der Waals surface area contributed by atoms with Crippen molar-refractivity contribution < 1.29 is 4.79 Å². The number of nitrogens with two attached hydrogens (primary N) is 1. The van der Waals surface area contributed by atoms with Crippen LogP contribution in [0, 0.1) is 0 Å². The number of carbonyl (C=O) groups is 1. The van der Waals surface area contributed by atoms with Gasteiger partial charge in [-0.3, -0.25) is 9.78 Å². The number of aromatic amines is 1. The van der Waals surface area contributed by atoms with Crippen molar-refractivity contribution in [3.8, 4) is 0 Å². The Kier molecular flexibility index (Phi) is 3.85. The van der Waals surface area contributed by atoms with Gasteiger partial charge in [-0.1, -0.05) is 6.07 Å². The second-order valence-electron chi connectivity index (χ2n) is 4.73. The van der Waals surface area contributed by atoms with Crippen LogP contribution in [0.3, 0.4) is 0 Å². The molecule has 0 aliphatic rings. The van der Waals surface area contributed by atoms with E-state index in [1.54, 1.807) is 29.6 Å². The van der Waals surface area contributed by atoms with Crippen molar-refractivity contribution in [2.24, 2.45) is 0 Å². The van der Waals surface area contributed by atoms with Gasteiger partial charge in [0.1, 0.15) is 5.69 Å². The van der Waals surface area contributed by atoms with E-state index in [1.807, 2.05) is 26.0 Å². The number of rotatable bonds is 4. The first-order valence-corrected chi connectivity index (χ1v) is 6.21. The molecule has 3 N–H and O–H groups in total. The summed E-state index contributed by atoms with van der Waals surface area (Å²) < 4.78 is 0. The van der Waals surface area contributed by atoms with E-state index in [0.717, 1.165) is 5.56 Å². The molecule has 2 aromatic rings. The van der Waals surface area contributed by atoms with Gasteiger partial charge in [-0.05, 0) is 31.5 Å². The molecule has 0 spiro atoms. The lowest BCUT2D eigenvalue weighted by molar-refractivity contribution is 0.0685. The lowest BCUT2D eigenvalue weighted by Crippen LogP contribution is -2.36. The summed E-state index contributed by atoms with van der Waals surface area (Å²) in [6, 6.07) is 5.57. The zero-order valence-corrected chi connectivity index (χ0v) is 11.1. The van der Waals surface area contributed by atoms with E-state index in [4.69, 9.17) is 5.73 Å². The Hall–Kier alpha value is -2.30. The number of hydrogen-bond acceptors (Lipinski definition) is 3. The summed E-state index contributed by atoms with van der Waals surface area (Å²) in [5.41, 5.74) is 7.71. The second kappa shape index (κ2) is 5.56. The van der Waals surface area contributed by atoms with Gasteiger partial charge in [-0.2, -0.15) is 0 Å². The van der Waals surface area contributed by atoms with Gasteiger partial charge in [0.05, 0.1) is 0 Å². The Morgan fingerprint density at radius 1 is 1.53 bits per heavy atom. The molecule has 0 unspecified atom stereocenters. The molecule has 0 radical (unpaired) electrons. The molecule has 2 aromatic heterocycles. The minimum Gasteiger partial charge on any atom is -0.397 e. The molecular formula is C14H18N4O. The zero-order valence-electron chi connectivity index (χ0n) is 11.1. The number of H-pyrrole nitrogens is 1. The van der Waals surface area contributed by atoms with Gasteiger partial charge in [-0.15, -0.1) is 0 Å². The lowest BCUT2D eigenvalue weighted by atomic mass is 10.2. The fourth-order valence-corrected chi connectivity index (χ4v) is 1.87. The average Bonchev–Trinajstić information content (AvgIpc) is 2.83. The molecule has 19 heavy (non-hydrogen) atoms. The summed E-state index contributed by atoms with van der Waals surface area (Å²) >= 11 is 0. The Balaban J connectivity index is 2.19. The maximum Gasteiger partial charge on any atom is 0.270 e. The molecule has 0 aliphatic carbocycles. The number of amides is 1. The highest BCUT2D eigenvalue weighted by Crippen LogP contribution is 2.13. The number of nitrogen functional groups attached to an aromatic ring is 1. The molecule has 1 amide bonds. The normalized spacial score (nSPS) is 10.7. The van der Waals surface area contributed by atoms with Crippen LogP contribution in [0.2, 0.25) is 0 Å². The molecule has 0 bridgehead atoms. The molecule has 0 atom stereocenters. The van der Waals surface area contributed by atoms with E-state index in [0.29, 0.717) is 17.9 Å². The molecule has 5 nitrogen and oxygen atoms in total. The van der Waals surface area contributed by atoms with E-state index in [2.05, 4.69) is 9.97 Å². The molecular weight excluding hydrogens is 240 g/mol. The summed E-state index contributed by atoms with van der Waals surface area (Å²) in [4.78, 5) is 21.2. The van der Waals surface area contributed by atoms with Crippen LogP contribution in [-0.2, 0) is 6.54 Å². The Bertz CT molecular complexity index is 548. The van der Waals surface area contributed by atoms with E-state index < -0.39 is 0 Å². The van der Waals surface area contributed by atoms with Crippen LogP contribution in [-0.4, -0.2) is 26.8 Å². The number of anilines is 1. The number of aromatic nitrogens is 2. The third-order valence-corrected chi connectivity index (χ3v) is 2.90. The predicted molar refractivity (Wildman–Crippen MR) is 74.5 cm³/mol. The highest BCUT2D eigenvalue weighted by atomic mass is 16.2. The van der Waals surface area contributed by atoms with Crippen molar-refractivity contribution in [3.05, 3.63) is 48.0 Å². The van der Waals surface area contributed by atoms with E-state index in [1.165, 1.54) is 0 Å². The molecule has 0 aliphatic heterocycles. The van der Waals surface area contributed by atoms with Crippen LogP contribution in [0.1, 0.15) is 29.9 Å². The summed E-state index contributed by atoms with van der Waals surface area (Å²) in [5.74, 6) is -0.0597. The molecule has 0 aromatic carbocycles. The highest BCUT2D eigenvalue weighted by molar-refractivity contribution is 5.93. The van der Waals surface area contributed by atoms with Gasteiger partial charge < -0.3 is 15.6 Å². The van der Waals surface area contributed by atoms with Crippen molar-refractivity contribution in [1.82, 2.24) is 14.9 Å². The number of carbonyl (C=O) groups excluding carboxylic acids is 1. The van der Waals surface area contributed by atoms with Gasteiger partial charge in [0, 0.05) is 36.9 Å². The summed E-state index contributed by atoms with van der Waals surface area (Å²) in [6.07, 6.45) is 5.11. The number of hydrogen-bond donors (Lipinski definition) is 2. The molecule has 2 rings (SSSR count). The minimum atomic E-state index is -0.0597. The second-order valence-corrected chi connectivity index (χ2v) is 4.73. The van der Waals surface area contributed by atoms with Crippen molar-refractivity contribution in [2.75, 3.05) is 5.73 Å². The first kappa shape index (κ1) is 13.1. The first-order valence-electron chi connectivity index (χ1n) is 6.21. The standard InChI is InChI=1S/C14H18N4O/c1-10(2)18(9-11-4-3-5-16-7-11)14(19)13-6-12(15)8-17-13/h3-8,10,17H,9,15H2,1-2H3. The van der Waals surface area contributed by atoms with E-state index >= 15 is 0 Å². The summed E-state index contributed by atoms with van der Waals surface area (Å²) in [6.45, 7) is 4.50. The Morgan fingerprint density at radius 3 is 2.84 bits per heavy atom. The first-order chi connectivity index (χ1) is 9.08. The zero-order chi connectivity index (χ0) is 13.8. The van der Waals surface area contributed by atoms with Gasteiger partial charge in [0.2, 0.25) is 0 Å². The van der Waals surface area contributed by atoms with Gasteiger partial charge in [-0.25, -0.2) is 0 Å². The van der Waals surface area contributed by atoms with E-state index in [-0.39, 0.29) is 11.9 Å². The largest absolute Gasteiger partial charge is 0.397 e. The number of nitrogens with zero attached hydrogens (tertiary/aromatic N) is 2. The van der Waals surface area contributed by atoms with Crippen LogP contribution in [0.5, 0.6) is 0 Å². The van der Waals surface area contributed by atoms with Crippen molar-refractivity contribution in [1.29, 1.82) is 0 Å². The summed E-state index contributed by atoms with van der Waals surface area (Å²) in [7, 11) is 0. The number of pyridine rings is 1. The Morgan fingerprint density at radius 2 is 2.32 bits per heavy atom. The fraction of sp³-hybridized carbons (Fsp3) is 0.286. The van der Waals surface area contributed by atoms with Crippen LogP contribution in [0.25, 0.3) is 0 Å². The third-order valence-electron chi connectivity index (χ3n) is 2.90. The maximum atomic E-state index is 12.4. The van der Waals surface area contributed by atoms with Crippen molar-refractivity contribution >= 4 is 11.6 Å². The van der Waals surface area contributed by atoms with E-state index in [9.17, 15) is 4.79 Å². The molecule has 0 saturated carbocycles. The Labute approximate surface area is 112 Å². The van der Waals surface area contributed by atoms with Gasteiger partial charge in [0.25, 0.3) is 5.91 Å². The highest BCUT2D eigenvalue weighted by Gasteiger charge is 2.20. The quantitative estimate of drug-likeness (QED) is 0.881. The number of nitrogens with one attached hydrogen (secondary N) is 1. The molecule has 5 heteroatoms. The average molecular weight is 258 g/mol. The smallest absolute Gasteiger partial charge is 0.270 e. The fourth-order valence-electron chi connectivity index (χ4n) is 1.87. The molecule has 0 fully saturated rings. The van der Waals surface area contributed by atoms with Crippen LogP contribution < -0.4 is 5.73 Å².